The number of hydrogen-bond acceptors (Lipinski definition) is 6. The van der Waals surface area contributed by atoms with Gasteiger partial charge >= 0.3 is 0 Å². The molecule has 0 spiro atoms. The number of fused-ring (bicyclic) bond motifs is 1. The molecule has 9 heteroatoms. The topological polar surface area (TPSA) is 74.9 Å². The number of hydrogen-bond donors (Lipinski definition) is 0. The quantitative estimate of drug-likeness (QED) is 0.156. The van der Waals surface area contributed by atoms with E-state index >= 15 is 0 Å². The van der Waals surface area contributed by atoms with Crippen molar-refractivity contribution in [3.63, 3.8) is 0 Å². The summed E-state index contributed by atoms with van der Waals surface area (Å²) in [6, 6.07) is 22.0. The molecule has 0 aliphatic carbocycles. The van der Waals surface area contributed by atoms with E-state index in [-0.39, 0.29) is 18.1 Å². The smallest absolute Gasteiger partial charge is 0.282 e. The van der Waals surface area contributed by atoms with Gasteiger partial charge in [-0.15, -0.1) is 0 Å². The summed E-state index contributed by atoms with van der Waals surface area (Å²) in [7, 11) is 3.22. The molecule has 0 atom stereocenters. The summed E-state index contributed by atoms with van der Waals surface area (Å²) in [5.74, 6) is 2.37. The zero-order chi connectivity index (χ0) is 30.7. The number of ether oxygens (including phenoxy) is 3. The Hall–Kier alpha value is -4.33. The molecule has 220 valence electrons. The lowest BCUT2D eigenvalue weighted by molar-refractivity contribution is 0.284. The lowest BCUT2D eigenvalue weighted by atomic mass is 9.96. The molecule has 7 nitrogen and oxygen atoms in total. The van der Waals surface area contributed by atoms with Gasteiger partial charge < -0.3 is 14.2 Å². The first-order valence-electron chi connectivity index (χ1n) is 13.7. The number of nitrogens with zero attached hydrogens (tertiary/aromatic N) is 3. The van der Waals surface area contributed by atoms with E-state index in [2.05, 4.69) is 18.9 Å². The van der Waals surface area contributed by atoms with Crippen LogP contribution in [0.2, 0.25) is 10.0 Å². The molecule has 0 fully saturated rings. The molecular weight excluding hydrogens is 585 g/mol. The van der Waals surface area contributed by atoms with Gasteiger partial charge in [0.1, 0.15) is 12.4 Å². The van der Waals surface area contributed by atoms with Gasteiger partial charge in [-0.2, -0.15) is 9.78 Å². The van der Waals surface area contributed by atoms with Gasteiger partial charge in [0, 0.05) is 11.1 Å². The summed E-state index contributed by atoms with van der Waals surface area (Å²) < 4.78 is 18.8. The van der Waals surface area contributed by atoms with Crippen LogP contribution < -0.4 is 19.8 Å². The molecule has 0 N–H and O–H groups in total. The minimum absolute atomic E-state index is 0.186. The normalized spacial score (nSPS) is 11.4. The SMILES string of the molecule is COc1cc(C)c(-c2nc3ccccc3c(=O)n2N=Cc2cccc(OC)c2OCc2ccc(Cl)c(Cl)c2)cc1C(C)C. The number of rotatable bonds is 9. The highest BCUT2D eigenvalue weighted by molar-refractivity contribution is 6.42. The van der Waals surface area contributed by atoms with Gasteiger partial charge in [0.15, 0.2) is 17.3 Å². The van der Waals surface area contributed by atoms with Crippen LogP contribution in [0.4, 0.5) is 0 Å². The van der Waals surface area contributed by atoms with Crippen molar-refractivity contribution < 1.29 is 14.2 Å². The Labute approximate surface area is 260 Å². The molecule has 0 unspecified atom stereocenters. The fourth-order valence-electron chi connectivity index (χ4n) is 4.83. The Balaban J connectivity index is 1.64. The van der Waals surface area contributed by atoms with Crippen molar-refractivity contribution >= 4 is 40.3 Å². The van der Waals surface area contributed by atoms with Gasteiger partial charge in [-0.1, -0.05) is 61.3 Å². The Bertz CT molecular complexity index is 1900. The highest BCUT2D eigenvalue weighted by Gasteiger charge is 2.19. The van der Waals surface area contributed by atoms with Gasteiger partial charge in [0.25, 0.3) is 5.56 Å². The zero-order valence-corrected chi connectivity index (χ0v) is 26.0. The molecule has 5 rings (SSSR count). The molecule has 43 heavy (non-hydrogen) atoms. The molecule has 0 amide bonds. The second kappa shape index (κ2) is 12.9. The Morgan fingerprint density at radius 3 is 2.42 bits per heavy atom. The second-order valence-electron chi connectivity index (χ2n) is 10.3. The summed E-state index contributed by atoms with van der Waals surface area (Å²) in [6.07, 6.45) is 1.58. The van der Waals surface area contributed by atoms with Crippen molar-refractivity contribution in [2.75, 3.05) is 14.2 Å². The molecule has 0 aliphatic heterocycles. The molecule has 1 aromatic heterocycles. The average Bonchev–Trinajstić information content (AvgIpc) is 3.00. The van der Waals surface area contributed by atoms with Crippen molar-refractivity contribution in [2.24, 2.45) is 5.10 Å². The third-order valence-electron chi connectivity index (χ3n) is 7.10. The van der Waals surface area contributed by atoms with E-state index in [9.17, 15) is 4.79 Å². The Kier molecular flexibility index (Phi) is 9.04. The number of halogens is 2. The minimum Gasteiger partial charge on any atom is -0.496 e. The van der Waals surface area contributed by atoms with Crippen LogP contribution in [0.5, 0.6) is 17.2 Å². The van der Waals surface area contributed by atoms with Crippen LogP contribution >= 0.6 is 23.2 Å². The maximum Gasteiger partial charge on any atom is 0.282 e. The van der Waals surface area contributed by atoms with E-state index in [0.717, 1.165) is 28.0 Å². The van der Waals surface area contributed by atoms with E-state index in [0.29, 0.717) is 43.8 Å². The largest absolute Gasteiger partial charge is 0.496 e. The zero-order valence-electron chi connectivity index (χ0n) is 24.5. The average molecular weight is 617 g/mol. The molecule has 5 aromatic rings. The molecular formula is C34H31Cl2N3O4. The molecule has 0 saturated carbocycles. The van der Waals surface area contributed by atoms with Gasteiger partial charge in [-0.3, -0.25) is 4.79 Å². The van der Waals surface area contributed by atoms with E-state index < -0.39 is 0 Å². The van der Waals surface area contributed by atoms with Crippen molar-refractivity contribution in [1.82, 2.24) is 9.66 Å². The minimum atomic E-state index is -0.292. The first-order valence-corrected chi connectivity index (χ1v) is 14.5. The highest BCUT2D eigenvalue weighted by Crippen LogP contribution is 2.35. The molecule has 4 aromatic carbocycles. The Morgan fingerprint density at radius 2 is 1.70 bits per heavy atom. The second-order valence-corrected chi connectivity index (χ2v) is 11.1. The highest BCUT2D eigenvalue weighted by atomic mass is 35.5. The standard InChI is InChI=1S/C34H31Cl2N3O4/c1-20(2)25-17-26(21(3)15-31(25)42-5)33-38-29-11-7-6-10-24(29)34(40)39(33)37-18-23-9-8-12-30(41-4)32(23)43-19-22-13-14-27(35)28(36)16-22/h6-18,20H,19H2,1-5H3. The van der Waals surface area contributed by atoms with Gasteiger partial charge in [0.05, 0.1) is 41.4 Å². The lowest BCUT2D eigenvalue weighted by Crippen LogP contribution is -2.21. The van der Waals surface area contributed by atoms with Crippen molar-refractivity contribution in [2.45, 2.75) is 33.3 Å². The van der Waals surface area contributed by atoms with Crippen LogP contribution in [-0.4, -0.2) is 30.1 Å². The number of benzene rings is 4. The fourth-order valence-corrected chi connectivity index (χ4v) is 5.15. The fraction of sp³-hybridized carbons (Fsp3) is 0.206. The predicted octanol–water partition coefficient (Wildman–Crippen LogP) is 8.28. The van der Waals surface area contributed by atoms with Crippen LogP contribution in [0.15, 0.2) is 82.7 Å². The molecule has 0 radical (unpaired) electrons. The third kappa shape index (κ3) is 6.24. The maximum absolute atomic E-state index is 13.9. The monoisotopic (exact) mass is 615 g/mol. The van der Waals surface area contributed by atoms with Crippen molar-refractivity contribution in [1.29, 1.82) is 0 Å². The van der Waals surface area contributed by atoms with Crippen LogP contribution in [0.1, 0.15) is 42.0 Å². The number of aryl methyl sites for hydroxylation is 1. The third-order valence-corrected chi connectivity index (χ3v) is 7.84. The number of aromatic nitrogens is 2. The Morgan fingerprint density at radius 1 is 0.930 bits per heavy atom. The van der Waals surface area contributed by atoms with E-state index in [1.807, 2.05) is 55.5 Å². The van der Waals surface area contributed by atoms with Crippen molar-refractivity contribution in [3.05, 3.63) is 115 Å². The molecule has 0 bridgehead atoms. The first-order chi connectivity index (χ1) is 20.7. The van der Waals surface area contributed by atoms with E-state index in [1.54, 1.807) is 44.7 Å². The summed E-state index contributed by atoms with van der Waals surface area (Å²) in [5.41, 5.74) is 4.43. The van der Waals surface area contributed by atoms with Crippen LogP contribution in [-0.2, 0) is 6.61 Å². The summed E-state index contributed by atoms with van der Waals surface area (Å²) in [4.78, 5) is 18.8. The molecule has 0 aliphatic rings. The molecule has 0 saturated heterocycles. The van der Waals surface area contributed by atoms with Gasteiger partial charge in [-0.25, -0.2) is 4.98 Å². The number of methoxy groups -OCH3 is 2. The maximum atomic E-state index is 13.9. The van der Waals surface area contributed by atoms with Crippen LogP contribution in [0, 0.1) is 6.92 Å². The van der Waals surface area contributed by atoms with Gasteiger partial charge in [-0.05, 0) is 78.1 Å². The van der Waals surface area contributed by atoms with Crippen molar-refractivity contribution in [3.8, 4) is 28.6 Å². The van der Waals surface area contributed by atoms with E-state index in [1.165, 1.54) is 4.68 Å². The molecule has 1 heterocycles. The van der Waals surface area contributed by atoms with Crippen LogP contribution in [0.25, 0.3) is 22.3 Å². The van der Waals surface area contributed by atoms with Crippen LogP contribution in [0.3, 0.4) is 0 Å². The summed E-state index contributed by atoms with van der Waals surface area (Å²) >= 11 is 12.3. The first kappa shape index (κ1) is 30.1. The number of para-hydroxylation sites is 2. The lowest BCUT2D eigenvalue weighted by Gasteiger charge is -2.17. The predicted molar refractivity (Wildman–Crippen MR) is 174 cm³/mol. The summed E-state index contributed by atoms with van der Waals surface area (Å²) in [6.45, 7) is 6.37. The van der Waals surface area contributed by atoms with E-state index in [4.69, 9.17) is 42.4 Å². The summed E-state index contributed by atoms with van der Waals surface area (Å²) in [5, 5.41) is 6.05. The van der Waals surface area contributed by atoms with Gasteiger partial charge in [0.2, 0.25) is 0 Å².